The maximum atomic E-state index is 10.9. The van der Waals surface area contributed by atoms with Gasteiger partial charge in [0.2, 0.25) is 0 Å². The Bertz CT molecular complexity index is 579. The minimum Gasteiger partial charge on any atom is -0.489 e. The van der Waals surface area contributed by atoms with Crippen molar-refractivity contribution in [2.45, 2.75) is 26.4 Å². The van der Waals surface area contributed by atoms with E-state index in [0.29, 0.717) is 17.2 Å². The molecule has 0 heterocycles. The highest BCUT2D eigenvalue weighted by atomic mass is 35.5. The van der Waals surface area contributed by atoms with Gasteiger partial charge in [-0.2, -0.15) is 0 Å². The number of carbonyl (C=O) groups is 1. The molecule has 104 valence electrons. The SMILES string of the molecule is CCCc1c(OCc2ccccc2)ccc(C=O)c1Cl. The van der Waals surface area contributed by atoms with Gasteiger partial charge in [0.1, 0.15) is 12.4 Å². The Labute approximate surface area is 124 Å². The normalized spacial score (nSPS) is 10.3. The van der Waals surface area contributed by atoms with Crippen molar-refractivity contribution >= 4 is 17.9 Å². The lowest BCUT2D eigenvalue weighted by Crippen LogP contribution is -2.01. The standard InChI is InChI=1S/C17H17ClO2/c1-2-6-15-16(10-9-14(11-19)17(15)18)20-12-13-7-4-3-5-8-13/h3-5,7-11H,2,6,12H2,1H3. The number of carbonyl (C=O) groups excluding carboxylic acids is 1. The van der Waals surface area contributed by atoms with Gasteiger partial charge in [0, 0.05) is 11.1 Å². The first-order valence-corrected chi connectivity index (χ1v) is 7.07. The molecule has 2 rings (SSSR count). The van der Waals surface area contributed by atoms with E-state index >= 15 is 0 Å². The average Bonchev–Trinajstić information content (AvgIpc) is 2.49. The molecule has 0 aromatic heterocycles. The van der Waals surface area contributed by atoms with Crippen LogP contribution in [0.15, 0.2) is 42.5 Å². The lowest BCUT2D eigenvalue weighted by molar-refractivity contribution is 0.112. The van der Waals surface area contributed by atoms with Crippen LogP contribution in [-0.4, -0.2) is 6.29 Å². The van der Waals surface area contributed by atoms with Crippen LogP contribution in [0.25, 0.3) is 0 Å². The Morgan fingerprint density at radius 3 is 2.55 bits per heavy atom. The van der Waals surface area contributed by atoms with E-state index in [1.165, 1.54) is 0 Å². The molecule has 0 N–H and O–H groups in total. The van der Waals surface area contributed by atoms with Gasteiger partial charge in [-0.3, -0.25) is 4.79 Å². The van der Waals surface area contributed by atoms with Gasteiger partial charge in [0.25, 0.3) is 0 Å². The van der Waals surface area contributed by atoms with Crippen LogP contribution in [0.3, 0.4) is 0 Å². The minimum absolute atomic E-state index is 0.494. The largest absolute Gasteiger partial charge is 0.489 e. The zero-order valence-electron chi connectivity index (χ0n) is 11.4. The van der Waals surface area contributed by atoms with Gasteiger partial charge in [-0.05, 0) is 24.1 Å². The van der Waals surface area contributed by atoms with Crippen molar-refractivity contribution in [3.05, 3.63) is 64.2 Å². The van der Waals surface area contributed by atoms with E-state index in [1.54, 1.807) is 6.07 Å². The van der Waals surface area contributed by atoms with Gasteiger partial charge in [-0.15, -0.1) is 0 Å². The predicted molar refractivity (Wildman–Crippen MR) is 81.6 cm³/mol. The summed E-state index contributed by atoms with van der Waals surface area (Å²) in [5.74, 6) is 0.756. The highest BCUT2D eigenvalue weighted by Crippen LogP contribution is 2.31. The van der Waals surface area contributed by atoms with Crippen LogP contribution in [-0.2, 0) is 13.0 Å². The van der Waals surface area contributed by atoms with Crippen LogP contribution in [0.1, 0.15) is 34.8 Å². The Kier molecular flexibility index (Phi) is 5.19. The highest BCUT2D eigenvalue weighted by molar-refractivity contribution is 6.33. The van der Waals surface area contributed by atoms with E-state index in [-0.39, 0.29) is 0 Å². The molecule has 0 spiro atoms. The number of hydrogen-bond acceptors (Lipinski definition) is 2. The zero-order chi connectivity index (χ0) is 14.4. The van der Waals surface area contributed by atoms with Crippen molar-refractivity contribution < 1.29 is 9.53 Å². The van der Waals surface area contributed by atoms with Gasteiger partial charge in [0.05, 0.1) is 5.02 Å². The van der Waals surface area contributed by atoms with E-state index in [0.717, 1.165) is 36.0 Å². The number of hydrogen-bond donors (Lipinski definition) is 0. The number of halogens is 1. The van der Waals surface area contributed by atoms with Crippen LogP contribution >= 0.6 is 11.6 Å². The van der Waals surface area contributed by atoms with Crippen molar-refractivity contribution in [3.8, 4) is 5.75 Å². The molecule has 20 heavy (non-hydrogen) atoms. The summed E-state index contributed by atoms with van der Waals surface area (Å²) in [7, 11) is 0. The molecule has 0 aliphatic rings. The molecule has 0 amide bonds. The maximum Gasteiger partial charge on any atom is 0.151 e. The summed E-state index contributed by atoms with van der Waals surface area (Å²) in [6, 6.07) is 13.5. The molecule has 0 saturated carbocycles. The Morgan fingerprint density at radius 2 is 1.90 bits per heavy atom. The van der Waals surface area contributed by atoms with Crippen molar-refractivity contribution in [3.63, 3.8) is 0 Å². The quantitative estimate of drug-likeness (QED) is 0.721. The lowest BCUT2D eigenvalue weighted by atomic mass is 10.1. The van der Waals surface area contributed by atoms with Gasteiger partial charge in [-0.1, -0.05) is 55.3 Å². The highest BCUT2D eigenvalue weighted by Gasteiger charge is 2.12. The molecular weight excluding hydrogens is 272 g/mol. The summed E-state index contributed by atoms with van der Waals surface area (Å²) < 4.78 is 5.86. The summed E-state index contributed by atoms with van der Waals surface area (Å²) in [6.07, 6.45) is 2.52. The van der Waals surface area contributed by atoms with Gasteiger partial charge in [-0.25, -0.2) is 0 Å². The summed E-state index contributed by atoms with van der Waals surface area (Å²) in [4.78, 5) is 10.9. The van der Waals surface area contributed by atoms with Crippen LogP contribution in [0.5, 0.6) is 5.75 Å². The fourth-order valence-corrected chi connectivity index (χ4v) is 2.36. The second kappa shape index (κ2) is 7.11. The topological polar surface area (TPSA) is 26.3 Å². The average molecular weight is 289 g/mol. The van der Waals surface area contributed by atoms with E-state index in [1.807, 2.05) is 36.4 Å². The Balaban J connectivity index is 2.22. The van der Waals surface area contributed by atoms with E-state index in [4.69, 9.17) is 16.3 Å². The number of benzene rings is 2. The van der Waals surface area contributed by atoms with Gasteiger partial charge >= 0.3 is 0 Å². The molecular formula is C17H17ClO2. The molecule has 0 aliphatic carbocycles. The predicted octanol–water partition coefficient (Wildman–Crippen LogP) is 4.68. The van der Waals surface area contributed by atoms with E-state index in [9.17, 15) is 4.79 Å². The molecule has 0 radical (unpaired) electrons. The van der Waals surface area contributed by atoms with Crippen LogP contribution in [0.2, 0.25) is 5.02 Å². The number of aldehydes is 1. The molecule has 0 fully saturated rings. The fraction of sp³-hybridized carbons (Fsp3) is 0.235. The summed E-state index contributed by atoms with van der Waals surface area (Å²) >= 11 is 6.26. The maximum absolute atomic E-state index is 10.9. The molecule has 0 saturated heterocycles. The van der Waals surface area contributed by atoms with Crippen LogP contribution in [0.4, 0.5) is 0 Å². The van der Waals surface area contributed by atoms with Crippen molar-refractivity contribution in [1.82, 2.24) is 0 Å². The summed E-state index contributed by atoms with van der Waals surface area (Å²) in [5.41, 5.74) is 2.53. The third-order valence-electron chi connectivity index (χ3n) is 3.09. The first-order chi connectivity index (χ1) is 9.76. The van der Waals surface area contributed by atoms with E-state index < -0.39 is 0 Å². The zero-order valence-corrected chi connectivity index (χ0v) is 12.2. The Hall–Kier alpha value is -1.80. The molecule has 0 unspecified atom stereocenters. The molecule has 2 nitrogen and oxygen atoms in total. The third-order valence-corrected chi connectivity index (χ3v) is 3.54. The smallest absolute Gasteiger partial charge is 0.151 e. The number of ether oxygens (including phenoxy) is 1. The third kappa shape index (κ3) is 3.40. The van der Waals surface area contributed by atoms with E-state index in [2.05, 4.69) is 6.92 Å². The van der Waals surface area contributed by atoms with Gasteiger partial charge < -0.3 is 4.74 Å². The molecule has 0 aliphatic heterocycles. The first-order valence-electron chi connectivity index (χ1n) is 6.69. The molecule has 0 atom stereocenters. The molecule has 2 aromatic carbocycles. The first kappa shape index (κ1) is 14.6. The Morgan fingerprint density at radius 1 is 1.15 bits per heavy atom. The van der Waals surface area contributed by atoms with Crippen molar-refractivity contribution in [2.24, 2.45) is 0 Å². The lowest BCUT2D eigenvalue weighted by Gasteiger charge is -2.14. The summed E-state index contributed by atoms with van der Waals surface area (Å²) in [5, 5.41) is 0.507. The molecule has 3 heteroatoms. The van der Waals surface area contributed by atoms with Gasteiger partial charge in [0.15, 0.2) is 6.29 Å². The van der Waals surface area contributed by atoms with Crippen molar-refractivity contribution in [1.29, 1.82) is 0 Å². The minimum atomic E-state index is 0.494. The second-order valence-corrected chi connectivity index (χ2v) is 4.97. The number of rotatable bonds is 6. The van der Waals surface area contributed by atoms with Crippen LogP contribution < -0.4 is 4.74 Å². The van der Waals surface area contributed by atoms with Crippen LogP contribution in [0, 0.1) is 0 Å². The monoisotopic (exact) mass is 288 g/mol. The fourth-order valence-electron chi connectivity index (χ4n) is 2.07. The summed E-state index contributed by atoms with van der Waals surface area (Å²) in [6.45, 7) is 2.57. The van der Waals surface area contributed by atoms with Crippen molar-refractivity contribution in [2.75, 3.05) is 0 Å². The molecule has 2 aromatic rings. The molecule has 0 bridgehead atoms. The second-order valence-electron chi connectivity index (χ2n) is 4.59.